The summed E-state index contributed by atoms with van der Waals surface area (Å²) in [5.41, 5.74) is 6.07. The van der Waals surface area contributed by atoms with E-state index < -0.39 is 0 Å². The normalized spacial score (nSPS) is 13.4. The minimum absolute atomic E-state index is 0.0236. The Morgan fingerprint density at radius 3 is 3.06 bits per heavy atom. The molecule has 1 atom stereocenters. The van der Waals surface area contributed by atoms with Gasteiger partial charge in [0.1, 0.15) is 11.6 Å². The Morgan fingerprint density at radius 2 is 2.35 bits per heavy atom. The molecule has 6 nitrogen and oxygen atoms in total. The lowest BCUT2D eigenvalue weighted by atomic mass is 10.2. The molecular weight excluding hydrogens is 258 g/mol. The van der Waals surface area contributed by atoms with Crippen molar-refractivity contribution >= 4 is 28.1 Å². The molecule has 2 N–H and O–H groups in total. The zero-order chi connectivity index (χ0) is 12.3. The van der Waals surface area contributed by atoms with Crippen LogP contribution in [0.15, 0.2) is 0 Å². The van der Waals surface area contributed by atoms with Crippen molar-refractivity contribution in [3.63, 3.8) is 0 Å². The first kappa shape index (κ1) is 12.7. The standard InChI is InChI=1S/C9H15N5OS2/c1-15-5-7-11-12-9-14(7)13-8(17-9)6(10)3-4-16-2/h6H,3-5,10H2,1-2H3. The predicted molar refractivity (Wildman–Crippen MR) is 69.3 cm³/mol. The van der Waals surface area contributed by atoms with Crippen LogP contribution in [-0.2, 0) is 11.3 Å². The summed E-state index contributed by atoms with van der Waals surface area (Å²) in [6.45, 7) is 0.407. The Kier molecular flexibility index (Phi) is 4.32. The summed E-state index contributed by atoms with van der Waals surface area (Å²) in [5, 5.41) is 13.4. The van der Waals surface area contributed by atoms with Crippen molar-refractivity contribution in [3.8, 4) is 0 Å². The van der Waals surface area contributed by atoms with Crippen LogP contribution in [0.5, 0.6) is 0 Å². The molecule has 2 rings (SSSR count). The number of aromatic nitrogens is 4. The number of hydrogen-bond donors (Lipinski definition) is 1. The number of hydrogen-bond acceptors (Lipinski definition) is 7. The molecule has 1 unspecified atom stereocenters. The zero-order valence-electron chi connectivity index (χ0n) is 9.79. The highest BCUT2D eigenvalue weighted by molar-refractivity contribution is 7.98. The molecule has 2 heterocycles. The van der Waals surface area contributed by atoms with Crippen molar-refractivity contribution in [2.75, 3.05) is 19.1 Å². The third kappa shape index (κ3) is 2.76. The smallest absolute Gasteiger partial charge is 0.234 e. The van der Waals surface area contributed by atoms with Crippen molar-refractivity contribution in [2.45, 2.75) is 19.1 Å². The second-order valence-electron chi connectivity index (χ2n) is 3.57. The third-order valence-electron chi connectivity index (χ3n) is 2.29. The van der Waals surface area contributed by atoms with E-state index >= 15 is 0 Å². The summed E-state index contributed by atoms with van der Waals surface area (Å²) >= 11 is 3.28. The van der Waals surface area contributed by atoms with Gasteiger partial charge in [-0.1, -0.05) is 11.3 Å². The highest BCUT2D eigenvalue weighted by atomic mass is 32.2. The van der Waals surface area contributed by atoms with Crippen molar-refractivity contribution in [1.29, 1.82) is 0 Å². The Morgan fingerprint density at radius 1 is 1.53 bits per heavy atom. The Balaban J connectivity index is 2.19. The van der Waals surface area contributed by atoms with Gasteiger partial charge in [-0.2, -0.15) is 21.4 Å². The average Bonchev–Trinajstić information content (AvgIpc) is 2.88. The maximum absolute atomic E-state index is 6.07. The van der Waals surface area contributed by atoms with Gasteiger partial charge in [0.05, 0.1) is 6.04 Å². The lowest BCUT2D eigenvalue weighted by molar-refractivity contribution is 0.176. The minimum atomic E-state index is -0.0236. The lowest BCUT2D eigenvalue weighted by Gasteiger charge is -2.05. The molecule has 2 aromatic rings. The molecule has 0 aliphatic heterocycles. The number of ether oxygens (including phenoxy) is 1. The largest absolute Gasteiger partial charge is 0.377 e. The van der Waals surface area contributed by atoms with Crippen LogP contribution < -0.4 is 5.73 Å². The van der Waals surface area contributed by atoms with E-state index in [0.717, 1.165) is 22.1 Å². The highest BCUT2D eigenvalue weighted by Gasteiger charge is 2.15. The first-order chi connectivity index (χ1) is 8.26. The van der Waals surface area contributed by atoms with Crippen LogP contribution in [0.1, 0.15) is 23.3 Å². The molecule has 0 fully saturated rings. The molecule has 0 amide bonds. The van der Waals surface area contributed by atoms with Crippen LogP contribution in [0.25, 0.3) is 4.96 Å². The molecule has 2 aromatic heterocycles. The number of methoxy groups -OCH3 is 1. The summed E-state index contributed by atoms with van der Waals surface area (Å²) in [5.74, 6) is 1.74. The molecule has 0 bridgehead atoms. The molecule has 0 aliphatic carbocycles. The molecule has 8 heteroatoms. The van der Waals surface area contributed by atoms with E-state index in [1.807, 2.05) is 0 Å². The summed E-state index contributed by atoms with van der Waals surface area (Å²) in [7, 11) is 1.62. The molecule has 17 heavy (non-hydrogen) atoms. The number of nitrogens with two attached hydrogens (primary N) is 1. The van der Waals surface area contributed by atoms with Crippen molar-refractivity contribution in [2.24, 2.45) is 5.73 Å². The van der Waals surface area contributed by atoms with Gasteiger partial charge in [-0.05, 0) is 18.4 Å². The molecule has 0 saturated carbocycles. The van der Waals surface area contributed by atoms with Crippen LogP contribution in [-0.4, -0.2) is 38.9 Å². The van der Waals surface area contributed by atoms with Gasteiger partial charge in [0.15, 0.2) is 5.82 Å². The number of fused-ring (bicyclic) bond motifs is 1. The van der Waals surface area contributed by atoms with Gasteiger partial charge in [-0.15, -0.1) is 10.2 Å². The topological polar surface area (TPSA) is 78.3 Å². The second kappa shape index (κ2) is 5.76. The van der Waals surface area contributed by atoms with Crippen LogP contribution in [0, 0.1) is 0 Å². The quantitative estimate of drug-likeness (QED) is 0.848. The van der Waals surface area contributed by atoms with E-state index in [9.17, 15) is 0 Å². The Bertz CT molecular complexity index is 483. The molecular formula is C9H15N5OS2. The van der Waals surface area contributed by atoms with Crippen LogP contribution >= 0.6 is 23.1 Å². The van der Waals surface area contributed by atoms with Crippen molar-refractivity contribution in [1.82, 2.24) is 19.8 Å². The summed E-state index contributed by atoms with van der Waals surface area (Å²) in [6.07, 6.45) is 2.99. The first-order valence-electron chi connectivity index (χ1n) is 5.20. The third-order valence-corrected chi connectivity index (χ3v) is 3.97. The predicted octanol–water partition coefficient (Wildman–Crippen LogP) is 1.09. The summed E-state index contributed by atoms with van der Waals surface area (Å²) < 4.78 is 6.75. The molecule has 0 aliphatic rings. The SMILES string of the molecule is COCc1nnc2sc(C(N)CCSC)nn12. The summed E-state index contributed by atoms with van der Waals surface area (Å²) in [6, 6.07) is -0.0236. The fraction of sp³-hybridized carbons (Fsp3) is 0.667. The number of rotatable bonds is 6. The minimum Gasteiger partial charge on any atom is -0.377 e. The maximum Gasteiger partial charge on any atom is 0.234 e. The van der Waals surface area contributed by atoms with E-state index in [-0.39, 0.29) is 6.04 Å². The van der Waals surface area contributed by atoms with Gasteiger partial charge in [0.25, 0.3) is 0 Å². The summed E-state index contributed by atoms with van der Waals surface area (Å²) in [4.78, 5) is 0.770. The lowest BCUT2D eigenvalue weighted by Crippen LogP contribution is -2.11. The van der Waals surface area contributed by atoms with E-state index in [0.29, 0.717) is 12.4 Å². The second-order valence-corrected chi connectivity index (χ2v) is 5.55. The van der Waals surface area contributed by atoms with Gasteiger partial charge in [-0.3, -0.25) is 0 Å². The van der Waals surface area contributed by atoms with Gasteiger partial charge < -0.3 is 10.5 Å². The van der Waals surface area contributed by atoms with Crippen molar-refractivity contribution in [3.05, 3.63) is 10.8 Å². The van der Waals surface area contributed by atoms with Crippen LogP contribution in [0.4, 0.5) is 0 Å². The van der Waals surface area contributed by atoms with Gasteiger partial charge in [0, 0.05) is 7.11 Å². The highest BCUT2D eigenvalue weighted by Crippen LogP contribution is 2.22. The zero-order valence-corrected chi connectivity index (χ0v) is 11.4. The van der Waals surface area contributed by atoms with E-state index in [2.05, 4.69) is 21.6 Å². The first-order valence-corrected chi connectivity index (χ1v) is 7.41. The molecule has 0 saturated heterocycles. The van der Waals surface area contributed by atoms with Gasteiger partial charge in [-0.25, -0.2) is 0 Å². The van der Waals surface area contributed by atoms with Gasteiger partial charge >= 0.3 is 0 Å². The van der Waals surface area contributed by atoms with E-state index in [1.54, 1.807) is 23.4 Å². The Hall–Kier alpha value is -0.700. The van der Waals surface area contributed by atoms with E-state index in [4.69, 9.17) is 10.5 Å². The van der Waals surface area contributed by atoms with Crippen LogP contribution in [0.3, 0.4) is 0 Å². The monoisotopic (exact) mass is 273 g/mol. The average molecular weight is 273 g/mol. The maximum atomic E-state index is 6.07. The van der Waals surface area contributed by atoms with Crippen molar-refractivity contribution < 1.29 is 4.74 Å². The molecule has 0 spiro atoms. The number of thioether (sulfide) groups is 1. The molecule has 94 valence electrons. The van der Waals surface area contributed by atoms with Gasteiger partial charge in [0.2, 0.25) is 4.96 Å². The Labute approximate surface area is 108 Å². The fourth-order valence-corrected chi connectivity index (χ4v) is 2.79. The fourth-order valence-electron chi connectivity index (χ4n) is 1.41. The molecule has 0 radical (unpaired) electrons. The number of nitrogens with zero attached hydrogens (tertiary/aromatic N) is 4. The molecule has 0 aromatic carbocycles. The van der Waals surface area contributed by atoms with E-state index in [1.165, 1.54) is 11.3 Å². The van der Waals surface area contributed by atoms with Crippen LogP contribution in [0.2, 0.25) is 0 Å².